The summed E-state index contributed by atoms with van der Waals surface area (Å²) in [5.41, 5.74) is 5.32. The third-order valence-electron chi connectivity index (χ3n) is 2.12. The van der Waals surface area contributed by atoms with E-state index in [1.165, 1.54) is 0 Å². The van der Waals surface area contributed by atoms with Gasteiger partial charge in [-0.05, 0) is 12.1 Å². The molecule has 94 valence electrons. The van der Waals surface area contributed by atoms with E-state index in [1.807, 2.05) is 18.2 Å². The Balaban J connectivity index is 1.97. The van der Waals surface area contributed by atoms with Crippen LogP contribution in [0.25, 0.3) is 0 Å². The highest BCUT2D eigenvalue weighted by Gasteiger charge is 2.21. The second kappa shape index (κ2) is 5.28. The molecule has 1 aromatic carbocycles. The second-order valence-electron chi connectivity index (χ2n) is 3.45. The molecule has 0 saturated heterocycles. The number of hydrogen-bond acceptors (Lipinski definition) is 6. The van der Waals surface area contributed by atoms with Gasteiger partial charge in [0.15, 0.2) is 12.6 Å². The fourth-order valence-corrected chi connectivity index (χ4v) is 1.22. The number of hydrogen-bond donors (Lipinski definition) is 2. The van der Waals surface area contributed by atoms with E-state index >= 15 is 0 Å². The number of carboxylic acids is 1. The maximum atomic E-state index is 10.6. The summed E-state index contributed by atoms with van der Waals surface area (Å²) in [6, 6.07) is 7.76. The quantitative estimate of drug-likeness (QED) is 0.803. The molecule has 1 atom stereocenters. The lowest BCUT2D eigenvalue weighted by Crippen LogP contribution is -2.20. The molecule has 0 aliphatic heterocycles. The Morgan fingerprint density at radius 1 is 1.39 bits per heavy atom. The zero-order valence-corrected chi connectivity index (χ0v) is 9.31. The van der Waals surface area contributed by atoms with Crippen molar-refractivity contribution in [3.63, 3.8) is 0 Å². The lowest BCUT2D eigenvalue weighted by atomic mass is 10.3. The van der Waals surface area contributed by atoms with Crippen LogP contribution < -0.4 is 10.5 Å². The molecule has 0 fully saturated rings. The molecule has 1 heterocycles. The molecule has 1 unspecified atom stereocenters. The van der Waals surface area contributed by atoms with Crippen molar-refractivity contribution in [1.82, 2.24) is 10.2 Å². The van der Waals surface area contributed by atoms with Crippen LogP contribution in [0.1, 0.15) is 17.8 Å². The molecule has 0 aliphatic rings. The van der Waals surface area contributed by atoms with Gasteiger partial charge in [0.05, 0.1) is 0 Å². The van der Waals surface area contributed by atoms with E-state index in [0.717, 1.165) is 0 Å². The number of benzene rings is 1. The highest BCUT2D eigenvalue weighted by Crippen LogP contribution is 2.13. The lowest BCUT2D eigenvalue weighted by molar-refractivity contribution is -0.139. The van der Waals surface area contributed by atoms with E-state index in [0.29, 0.717) is 5.75 Å². The minimum Gasteiger partial charge on any atom is -0.484 e. The summed E-state index contributed by atoms with van der Waals surface area (Å²) < 4.78 is 10.4. The SMILES string of the molecule is NC(C(=O)O)c1nnc(COc2ccccc2)o1. The average Bonchev–Trinajstić information content (AvgIpc) is 2.85. The Kier molecular flexibility index (Phi) is 3.54. The molecule has 2 aromatic rings. The minimum absolute atomic E-state index is 0.0589. The number of rotatable bonds is 5. The van der Waals surface area contributed by atoms with Crippen LogP contribution in [-0.4, -0.2) is 21.3 Å². The van der Waals surface area contributed by atoms with E-state index in [9.17, 15) is 4.79 Å². The van der Waals surface area contributed by atoms with Crippen LogP contribution in [0.15, 0.2) is 34.7 Å². The third-order valence-corrected chi connectivity index (χ3v) is 2.12. The number of nitrogens with two attached hydrogens (primary N) is 1. The first-order valence-corrected chi connectivity index (χ1v) is 5.15. The summed E-state index contributed by atoms with van der Waals surface area (Å²) in [4.78, 5) is 10.6. The smallest absolute Gasteiger partial charge is 0.330 e. The molecule has 7 nitrogen and oxygen atoms in total. The molecule has 0 aliphatic carbocycles. The topological polar surface area (TPSA) is 111 Å². The number of aliphatic carboxylic acids is 1. The van der Waals surface area contributed by atoms with Gasteiger partial charge in [0.2, 0.25) is 5.89 Å². The zero-order valence-electron chi connectivity index (χ0n) is 9.31. The highest BCUT2D eigenvalue weighted by atomic mass is 16.5. The van der Waals surface area contributed by atoms with Gasteiger partial charge >= 0.3 is 5.97 Å². The summed E-state index contributed by atoms with van der Waals surface area (Å²) in [5, 5.41) is 15.9. The van der Waals surface area contributed by atoms with Gasteiger partial charge in [-0.2, -0.15) is 0 Å². The normalized spacial score (nSPS) is 12.1. The molecule has 0 spiro atoms. The van der Waals surface area contributed by atoms with Gasteiger partial charge in [-0.3, -0.25) is 0 Å². The Labute approximate surface area is 102 Å². The number of nitrogens with zero attached hydrogens (tertiary/aromatic N) is 2. The molecule has 0 bridgehead atoms. The summed E-state index contributed by atoms with van der Waals surface area (Å²) in [7, 11) is 0. The van der Waals surface area contributed by atoms with Crippen molar-refractivity contribution < 1.29 is 19.1 Å². The third kappa shape index (κ3) is 2.83. The first kappa shape index (κ1) is 12.1. The van der Waals surface area contributed by atoms with Crippen LogP contribution in [0.2, 0.25) is 0 Å². The van der Waals surface area contributed by atoms with Gasteiger partial charge in [0.1, 0.15) is 5.75 Å². The van der Waals surface area contributed by atoms with Gasteiger partial charge in [-0.1, -0.05) is 18.2 Å². The van der Waals surface area contributed by atoms with Crippen molar-refractivity contribution in [2.75, 3.05) is 0 Å². The van der Waals surface area contributed by atoms with Crippen molar-refractivity contribution in [3.05, 3.63) is 42.1 Å². The average molecular weight is 249 g/mol. The second-order valence-corrected chi connectivity index (χ2v) is 3.45. The maximum absolute atomic E-state index is 10.6. The first-order valence-electron chi connectivity index (χ1n) is 5.15. The first-order chi connectivity index (χ1) is 8.66. The van der Waals surface area contributed by atoms with E-state index < -0.39 is 12.0 Å². The van der Waals surface area contributed by atoms with Gasteiger partial charge < -0.3 is 20.0 Å². The van der Waals surface area contributed by atoms with Crippen LogP contribution in [0.4, 0.5) is 0 Å². The molecular formula is C11H11N3O4. The largest absolute Gasteiger partial charge is 0.484 e. The molecular weight excluding hydrogens is 238 g/mol. The van der Waals surface area contributed by atoms with Crippen LogP contribution in [0.5, 0.6) is 5.75 Å². The van der Waals surface area contributed by atoms with Crippen molar-refractivity contribution in [2.45, 2.75) is 12.6 Å². The number of ether oxygens (including phenoxy) is 1. The van der Waals surface area contributed by atoms with E-state index in [-0.39, 0.29) is 18.4 Å². The summed E-state index contributed by atoms with van der Waals surface area (Å²) >= 11 is 0. The molecule has 0 saturated carbocycles. The van der Waals surface area contributed by atoms with Crippen LogP contribution >= 0.6 is 0 Å². The minimum atomic E-state index is -1.32. The van der Waals surface area contributed by atoms with Crippen LogP contribution in [-0.2, 0) is 11.4 Å². The molecule has 3 N–H and O–H groups in total. The number of carbonyl (C=O) groups is 1. The Morgan fingerprint density at radius 3 is 2.78 bits per heavy atom. The monoisotopic (exact) mass is 249 g/mol. The van der Waals surface area contributed by atoms with Gasteiger partial charge in [0, 0.05) is 0 Å². The zero-order chi connectivity index (χ0) is 13.0. The van der Waals surface area contributed by atoms with E-state index in [2.05, 4.69) is 10.2 Å². The summed E-state index contributed by atoms with van der Waals surface area (Å²) in [5.74, 6) is -0.548. The van der Waals surface area contributed by atoms with Gasteiger partial charge in [-0.15, -0.1) is 10.2 Å². The van der Waals surface area contributed by atoms with Crippen LogP contribution in [0.3, 0.4) is 0 Å². The predicted molar refractivity (Wildman–Crippen MR) is 59.6 cm³/mol. The van der Waals surface area contributed by atoms with E-state index in [1.54, 1.807) is 12.1 Å². The van der Waals surface area contributed by atoms with Crippen molar-refractivity contribution in [2.24, 2.45) is 5.73 Å². The van der Waals surface area contributed by atoms with Gasteiger partial charge in [0.25, 0.3) is 5.89 Å². The van der Waals surface area contributed by atoms with Crippen molar-refractivity contribution in [3.8, 4) is 5.75 Å². The molecule has 0 radical (unpaired) electrons. The molecule has 1 aromatic heterocycles. The van der Waals surface area contributed by atoms with Gasteiger partial charge in [-0.25, -0.2) is 4.79 Å². The summed E-state index contributed by atoms with van der Waals surface area (Å²) in [6.45, 7) is 0.0589. The van der Waals surface area contributed by atoms with E-state index in [4.69, 9.17) is 20.0 Å². The fraction of sp³-hybridized carbons (Fsp3) is 0.182. The van der Waals surface area contributed by atoms with Crippen LogP contribution in [0, 0.1) is 0 Å². The highest BCUT2D eigenvalue weighted by molar-refractivity contribution is 5.73. The Morgan fingerprint density at radius 2 is 2.11 bits per heavy atom. The predicted octanol–water partition coefficient (Wildman–Crippen LogP) is 0.733. The number of aromatic nitrogens is 2. The fourth-order valence-electron chi connectivity index (χ4n) is 1.22. The number of carboxylic acid groups (broad SMARTS) is 1. The maximum Gasteiger partial charge on any atom is 0.330 e. The number of para-hydroxylation sites is 1. The summed E-state index contributed by atoms with van der Waals surface area (Å²) in [6.07, 6.45) is 0. The molecule has 0 amide bonds. The lowest BCUT2D eigenvalue weighted by Gasteiger charge is -2.02. The standard InChI is InChI=1S/C11H11N3O4/c12-9(11(15)16)10-14-13-8(18-10)6-17-7-4-2-1-3-5-7/h1-5,9H,6,12H2,(H,15,16). The Hall–Kier alpha value is -2.41. The Bertz CT molecular complexity index is 526. The molecule has 18 heavy (non-hydrogen) atoms. The van der Waals surface area contributed by atoms with Crippen molar-refractivity contribution in [1.29, 1.82) is 0 Å². The van der Waals surface area contributed by atoms with Crippen molar-refractivity contribution >= 4 is 5.97 Å². The molecule has 7 heteroatoms. The molecule has 2 rings (SSSR count).